The molecule has 0 aliphatic rings. The minimum absolute atomic E-state index is 0.0955. The van der Waals surface area contributed by atoms with Gasteiger partial charge in [0.25, 0.3) is 0 Å². The first-order valence-electron chi connectivity index (χ1n) is 6.24. The standard InChI is InChI=1S/C14H19N3O2/c1-14(2,3)10-5-4-6-11(7-10)18-9-12-16-13(8-15)19-17-12/h4-7H,8-9,15H2,1-3H3. The van der Waals surface area contributed by atoms with Crippen molar-refractivity contribution in [3.05, 3.63) is 41.5 Å². The quantitative estimate of drug-likeness (QED) is 0.914. The normalized spacial score (nSPS) is 11.6. The largest absolute Gasteiger partial charge is 0.485 e. The number of hydrogen-bond donors (Lipinski definition) is 1. The zero-order chi connectivity index (χ0) is 13.9. The third-order valence-electron chi connectivity index (χ3n) is 2.75. The van der Waals surface area contributed by atoms with Crippen LogP contribution in [-0.4, -0.2) is 10.1 Å². The molecular weight excluding hydrogens is 242 g/mol. The summed E-state index contributed by atoms with van der Waals surface area (Å²) in [5.41, 5.74) is 6.72. The maximum Gasteiger partial charge on any atom is 0.240 e. The molecule has 5 nitrogen and oxygen atoms in total. The van der Waals surface area contributed by atoms with Crippen molar-refractivity contribution in [2.75, 3.05) is 0 Å². The van der Waals surface area contributed by atoms with Crippen LogP contribution in [0.4, 0.5) is 0 Å². The van der Waals surface area contributed by atoms with Gasteiger partial charge in [-0.15, -0.1) is 0 Å². The van der Waals surface area contributed by atoms with Crippen LogP contribution in [0.1, 0.15) is 38.0 Å². The summed E-state index contributed by atoms with van der Waals surface area (Å²) >= 11 is 0. The molecular formula is C14H19N3O2. The third kappa shape index (κ3) is 3.54. The Morgan fingerprint density at radius 2 is 2.11 bits per heavy atom. The Hall–Kier alpha value is -1.88. The first-order valence-corrected chi connectivity index (χ1v) is 6.24. The summed E-state index contributed by atoms with van der Waals surface area (Å²) in [6.45, 7) is 7.01. The molecule has 5 heteroatoms. The third-order valence-corrected chi connectivity index (χ3v) is 2.75. The molecule has 1 aromatic carbocycles. The van der Waals surface area contributed by atoms with E-state index in [9.17, 15) is 0 Å². The molecule has 1 aromatic heterocycles. The Kier molecular flexibility index (Phi) is 3.85. The van der Waals surface area contributed by atoms with Crippen LogP contribution in [0.3, 0.4) is 0 Å². The maximum atomic E-state index is 5.66. The van der Waals surface area contributed by atoms with Gasteiger partial charge >= 0.3 is 0 Å². The minimum atomic E-state index is 0.0955. The van der Waals surface area contributed by atoms with Crippen LogP contribution in [0.25, 0.3) is 0 Å². The van der Waals surface area contributed by atoms with Gasteiger partial charge in [0.1, 0.15) is 5.75 Å². The summed E-state index contributed by atoms with van der Waals surface area (Å²) in [7, 11) is 0. The van der Waals surface area contributed by atoms with Gasteiger partial charge in [-0.05, 0) is 23.1 Å². The fourth-order valence-corrected chi connectivity index (χ4v) is 1.63. The highest BCUT2D eigenvalue weighted by molar-refractivity contribution is 5.32. The SMILES string of the molecule is CC(C)(C)c1cccc(OCc2noc(CN)n2)c1. The van der Waals surface area contributed by atoms with E-state index >= 15 is 0 Å². The smallest absolute Gasteiger partial charge is 0.240 e. The Labute approximate surface area is 112 Å². The van der Waals surface area contributed by atoms with Crippen molar-refractivity contribution < 1.29 is 9.26 Å². The molecule has 0 amide bonds. The summed E-state index contributed by atoms with van der Waals surface area (Å²) in [6.07, 6.45) is 0. The summed E-state index contributed by atoms with van der Waals surface area (Å²) in [4.78, 5) is 4.09. The Morgan fingerprint density at radius 1 is 1.32 bits per heavy atom. The Morgan fingerprint density at radius 3 is 2.74 bits per heavy atom. The Bertz CT molecular complexity index is 544. The lowest BCUT2D eigenvalue weighted by Gasteiger charge is -2.19. The highest BCUT2D eigenvalue weighted by atomic mass is 16.5. The van der Waals surface area contributed by atoms with Gasteiger partial charge in [-0.25, -0.2) is 0 Å². The second kappa shape index (κ2) is 5.40. The molecule has 0 saturated carbocycles. The van der Waals surface area contributed by atoms with Crippen molar-refractivity contribution in [1.82, 2.24) is 10.1 Å². The van der Waals surface area contributed by atoms with Crippen LogP contribution in [0, 0.1) is 0 Å². The number of hydrogen-bond acceptors (Lipinski definition) is 5. The van der Waals surface area contributed by atoms with Crippen molar-refractivity contribution in [3.8, 4) is 5.75 Å². The zero-order valence-electron chi connectivity index (χ0n) is 11.5. The van der Waals surface area contributed by atoms with Crippen molar-refractivity contribution in [2.45, 2.75) is 39.3 Å². The van der Waals surface area contributed by atoms with Gasteiger partial charge in [-0.1, -0.05) is 38.1 Å². The predicted octanol–water partition coefficient (Wildman–Crippen LogP) is 2.40. The molecule has 0 atom stereocenters. The molecule has 0 saturated heterocycles. The molecule has 1 heterocycles. The second-order valence-electron chi connectivity index (χ2n) is 5.37. The van der Waals surface area contributed by atoms with E-state index in [1.54, 1.807) is 0 Å². The average Bonchev–Trinajstić information content (AvgIpc) is 2.84. The van der Waals surface area contributed by atoms with Crippen LogP contribution >= 0.6 is 0 Å². The van der Waals surface area contributed by atoms with Crippen molar-refractivity contribution in [2.24, 2.45) is 5.73 Å². The van der Waals surface area contributed by atoms with Gasteiger partial charge < -0.3 is 15.0 Å². The fraction of sp³-hybridized carbons (Fsp3) is 0.429. The van der Waals surface area contributed by atoms with E-state index in [-0.39, 0.29) is 18.6 Å². The second-order valence-corrected chi connectivity index (χ2v) is 5.37. The van der Waals surface area contributed by atoms with E-state index in [1.807, 2.05) is 18.2 Å². The van der Waals surface area contributed by atoms with Gasteiger partial charge in [-0.2, -0.15) is 4.98 Å². The Balaban J connectivity index is 2.03. The van der Waals surface area contributed by atoms with Crippen LogP contribution in [0.5, 0.6) is 5.75 Å². The van der Waals surface area contributed by atoms with Gasteiger partial charge in [-0.3, -0.25) is 0 Å². The lowest BCUT2D eigenvalue weighted by molar-refractivity contribution is 0.284. The molecule has 2 N–H and O–H groups in total. The molecule has 2 aromatic rings. The van der Waals surface area contributed by atoms with Crippen LogP contribution in [0.15, 0.2) is 28.8 Å². The number of benzene rings is 1. The average molecular weight is 261 g/mol. The molecule has 0 fully saturated rings. The molecule has 0 bridgehead atoms. The van der Waals surface area contributed by atoms with Gasteiger partial charge in [0.2, 0.25) is 11.7 Å². The molecule has 0 radical (unpaired) electrons. The van der Waals surface area contributed by atoms with E-state index in [0.717, 1.165) is 5.75 Å². The number of rotatable bonds is 4. The number of nitrogens with zero attached hydrogens (tertiary/aromatic N) is 2. The monoisotopic (exact) mass is 261 g/mol. The van der Waals surface area contributed by atoms with E-state index in [0.29, 0.717) is 11.7 Å². The summed E-state index contributed by atoms with van der Waals surface area (Å²) in [5.74, 6) is 1.72. The van der Waals surface area contributed by atoms with Crippen molar-refractivity contribution in [3.63, 3.8) is 0 Å². The lowest BCUT2D eigenvalue weighted by Crippen LogP contribution is -2.11. The van der Waals surface area contributed by atoms with E-state index < -0.39 is 0 Å². The summed E-state index contributed by atoms with van der Waals surface area (Å²) in [5, 5.41) is 3.78. The topological polar surface area (TPSA) is 74.2 Å². The first kappa shape index (κ1) is 13.5. The van der Waals surface area contributed by atoms with E-state index in [4.69, 9.17) is 15.0 Å². The first-order chi connectivity index (χ1) is 8.99. The van der Waals surface area contributed by atoms with Gasteiger partial charge in [0.05, 0.1) is 6.54 Å². The van der Waals surface area contributed by atoms with E-state index in [1.165, 1.54) is 5.56 Å². The van der Waals surface area contributed by atoms with Crippen molar-refractivity contribution in [1.29, 1.82) is 0 Å². The number of ether oxygens (including phenoxy) is 1. The summed E-state index contributed by atoms with van der Waals surface area (Å²) < 4.78 is 10.6. The molecule has 0 aliphatic carbocycles. The zero-order valence-corrected chi connectivity index (χ0v) is 11.5. The number of nitrogens with two attached hydrogens (primary N) is 1. The lowest BCUT2D eigenvalue weighted by atomic mass is 9.87. The van der Waals surface area contributed by atoms with Crippen molar-refractivity contribution >= 4 is 0 Å². The molecule has 2 rings (SSSR count). The molecule has 0 aliphatic heterocycles. The summed E-state index contributed by atoms with van der Waals surface area (Å²) in [6, 6.07) is 8.02. The van der Waals surface area contributed by atoms with Crippen LogP contribution in [0.2, 0.25) is 0 Å². The van der Waals surface area contributed by atoms with Crippen LogP contribution < -0.4 is 10.5 Å². The van der Waals surface area contributed by atoms with Gasteiger partial charge in [0.15, 0.2) is 6.61 Å². The van der Waals surface area contributed by atoms with Crippen LogP contribution in [-0.2, 0) is 18.6 Å². The number of aromatic nitrogens is 2. The van der Waals surface area contributed by atoms with E-state index in [2.05, 4.69) is 37.0 Å². The molecule has 0 spiro atoms. The van der Waals surface area contributed by atoms with Gasteiger partial charge in [0, 0.05) is 0 Å². The molecule has 102 valence electrons. The molecule has 0 unspecified atom stereocenters. The molecule has 19 heavy (non-hydrogen) atoms. The minimum Gasteiger partial charge on any atom is -0.485 e. The fourth-order valence-electron chi connectivity index (χ4n) is 1.63. The predicted molar refractivity (Wildman–Crippen MR) is 71.7 cm³/mol. The maximum absolute atomic E-state index is 5.66. The highest BCUT2D eigenvalue weighted by Gasteiger charge is 2.14. The highest BCUT2D eigenvalue weighted by Crippen LogP contribution is 2.25.